The van der Waals surface area contributed by atoms with Crippen molar-refractivity contribution < 1.29 is 9.53 Å². The van der Waals surface area contributed by atoms with E-state index in [1.54, 1.807) is 37.1 Å². The number of hydrogen-bond acceptors (Lipinski definition) is 3. The molecule has 3 aromatic rings. The minimum atomic E-state index is -0.831. The van der Waals surface area contributed by atoms with Crippen LogP contribution in [0, 0.1) is 5.41 Å². The second-order valence-electron chi connectivity index (χ2n) is 6.89. The molecule has 0 N–H and O–H groups in total. The molecule has 27 heavy (non-hydrogen) atoms. The van der Waals surface area contributed by atoms with Gasteiger partial charge in [-0.1, -0.05) is 49.7 Å². The summed E-state index contributed by atoms with van der Waals surface area (Å²) in [5, 5.41) is 0.697. The largest absolute Gasteiger partial charge is 0.463 e. The zero-order valence-corrected chi connectivity index (χ0v) is 16.6. The van der Waals surface area contributed by atoms with Crippen molar-refractivity contribution in [2.45, 2.75) is 20.1 Å². The summed E-state index contributed by atoms with van der Waals surface area (Å²) in [7, 11) is 0. The zero-order chi connectivity index (χ0) is 19.4. The fraction of sp³-hybridized carbons (Fsp3) is 0.238. The van der Waals surface area contributed by atoms with Crippen molar-refractivity contribution in [3.63, 3.8) is 0 Å². The van der Waals surface area contributed by atoms with Crippen molar-refractivity contribution in [3.05, 3.63) is 72.3 Å². The van der Waals surface area contributed by atoms with Crippen LogP contribution < -0.4 is 4.74 Å². The predicted octanol–water partition coefficient (Wildman–Crippen LogP) is 5.62. The Bertz CT molecular complexity index is 889. The third kappa shape index (κ3) is 4.52. The highest BCUT2D eigenvalue weighted by atomic mass is 35.5. The first-order valence-corrected chi connectivity index (χ1v) is 9.42. The van der Waals surface area contributed by atoms with Crippen molar-refractivity contribution in [3.8, 4) is 16.9 Å². The Balaban J connectivity index is 1.84. The van der Waals surface area contributed by atoms with Gasteiger partial charge in [-0.2, -0.15) is 0 Å². The molecule has 0 spiro atoms. The van der Waals surface area contributed by atoms with Crippen LogP contribution >= 0.6 is 23.2 Å². The first-order valence-electron chi connectivity index (χ1n) is 8.51. The van der Waals surface area contributed by atoms with Gasteiger partial charge in [-0.3, -0.25) is 9.36 Å². The van der Waals surface area contributed by atoms with Gasteiger partial charge in [-0.25, -0.2) is 4.98 Å². The second kappa shape index (κ2) is 8.15. The average Bonchev–Trinajstić information content (AvgIpc) is 3.21. The number of Topliss-reactive ketones (excluding diaryl/α,β-unsaturated/α-hetero) is 1. The molecule has 1 aromatic heterocycles. The van der Waals surface area contributed by atoms with Crippen LogP contribution in [0.4, 0.5) is 0 Å². The molecule has 4 nitrogen and oxygen atoms in total. The molecular formula is C21H20Cl2N2O2. The monoisotopic (exact) mass is 402 g/mol. The van der Waals surface area contributed by atoms with Crippen LogP contribution in [0.1, 0.15) is 20.1 Å². The highest BCUT2D eigenvalue weighted by Crippen LogP contribution is 2.30. The van der Waals surface area contributed by atoms with E-state index < -0.39 is 11.6 Å². The number of carbonyl (C=O) groups is 1. The molecule has 0 amide bonds. The maximum atomic E-state index is 12.9. The molecule has 0 saturated heterocycles. The molecule has 0 aliphatic heterocycles. The lowest BCUT2D eigenvalue weighted by Gasteiger charge is -2.27. The van der Waals surface area contributed by atoms with Crippen LogP contribution in [-0.2, 0) is 4.79 Å². The van der Waals surface area contributed by atoms with Crippen molar-refractivity contribution in [1.82, 2.24) is 9.55 Å². The van der Waals surface area contributed by atoms with Crippen LogP contribution in [-0.4, -0.2) is 21.2 Å². The van der Waals surface area contributed by atoms with Gasteiger partial charge in [-0.15, -0.1) is 11.6 Å². The number of benzene rings is 2. The van der Waals surface area contributed by atoms with E-state index in [-0.39, 0.29) is 11.7 Å². The number of halogens is 2. The summed E-state index contributed by atoms with van der Waals surface area (Å²) < 4.78 is 7.66. The molecule has 6 heteroatoms. The SMILES string of the molecule is CC(C)(CCl)C(=O)C(Oc1ccc(-c2ccc(Cl)cc2)cc1)n1ccnc1. The van der Waals surface area contributed by atoms with Gasteiger partial charge in [0.15, 0.2) is 0 Å². The van der Waals surface area contributed by atoms with E-state index in [0.717, 1.165) is 11.1 Å². The highest BCUT2D eigenvalue weighted by molar-refractivity contribution is 6.30. The number of rotatable bonds is 7. The fourth-order valence-electron chi connectivity index (χ4n) is 2.56. The van der Waals surface area contributed by atoms with Crippen LogP contribution in [0.2, 0.25) is 5.02 Å². The maximum Gasteiger partial charge on any atom is 0.236 e. The summed E-state index contributed by atoms with van der Waals surface area (Å²) in [6.07, 6.45) is 4.05. The number of hydrogen-bond donors (Lipinski definition) is 0. The van der Waals surface area contributed by atoms with Crippen molar-refractivity contribution in [2.75, 3.05) is 5.88 Å². The van der Waals surface area contributed by atoms with E-state index in [0.29, 0.717) is 10.8 Å². The lowest BCUT2D eigenvalue weighted by atomic mass is 9.89. The number of imidazole rings is 1. The van der Waals surface area contributed by atoms with Crippen molar-refractivity contribution in [2.24, 2.45) is 5.41 Å². The highest BCUT2D eigenvalue weighted by Gasteiger charge is 2.35. The molecule has 2 aromatic carbocycles. The van der Waals surface area contributed by atoms with Gasteiger partial charge in [0.05, 0.1) is 6.33 Å². The summed E-state index contributed by atoms with van der Waals surface area (Å²) in [6, 6.07) is 15.2. The standard InChI is InChI=1S/C21H20Cl2N2O2/c1-21(2,13-22)19(26)20(25-12-11-24-14-25)27-18-9-5-16(6-10-18)15-3-7-17(23)8-4-15/h3-12,14,20H,13H2,1-2H3. The third-order valence-corrected chi connectivity index (χ3v) is 5.22. The first-order chi connectivity index (χ1) is 12.9. The molecule has 3 rings (SSSR count). The molecule has 0 fully saturated rings. The van der Waals surface area contributed by atoms with Crippen LogP contribution in [0.3, 0.4) is 0 Å². The molecule has 0 saturated carbocycles. The molecule has 0 bridgehead atoms. The molecular weight excluding hydrogens is 383 g/mol. The molecule has 0 aliphatic rings. The van der Waals surface area contributed by atoms with Crippen LogP contribution in [0.5, 0.6) is 5.75 Å². The lowest BCUT2D eigenvalue weighted by molar-refractivity contribution is -0.137. The Morgan fingerprint density at radius 3 is 2.22 bits per heavy atom. The van der Waals surface area contributed by atoms with E-state index in [4.69, 9.17) is 27.9 Å². The minimum Gasteiger partial charge on any atom is -0.463 e. The third-order valence-electron chi connectivity index (χ3n) is 4.30. The number of ketones is 1. The average molecular weight is 403 g/mol. The Kier molecular flexibility index (Phi) is 5.88. The summed E-state index contributed by atoms with van der Waals surface area (Å²) in [5.74, 6) is 0.679. The Labute approximate surface area is 168 Å². The van der Waals surface area contributed by atoms with Gasteiger partial charge in [0.1, 0.15) is 5.75 Å². The summed E-state index contributed by atoms with van der Waals surface area (Å²) in [6.45, 7) is 3.61. The van der Waals surface area contributed by atoms with E-state index in [2.05, 4.69) is 4.98 Å². The number of ether oxygens (including phenoxy) is 1. The topological polar surface area (TPSA) is 44.1 Å². The van der Waals surface area contributed by atoms with E-state index in [9.17, 15) is 4.79 Å². The van der Waals surface area contributed by atoms with Crippen LogP contribution in [0.15, 0.2) is 67.3 Å². The molecule has 0 radical (unpaired) electrons. The Hall–Kier alpha value is -2.30. The summed E-state index contributed by atoms with van der Waals surface area (Å²) in [5.41, 5.74) is 1.36. The number of alkyl halides is 1. The van der Waals surface area contributed by atoms with E-state index in [1.165, 1.54) is 0 Å². The van der Waals surface area contributed by atoms with Gasteiger partial charge < -0.3 is 4.74 Å². The number of carbonyl (C=O) groups excluding carboxylic acids is 1. The van der Waals surface area contributed by atoms with E-state index in [1.807, 2.05) is 48.5 Å². The van der Waals surface area contributed by atoms with E-state index >= 15 is 0 Å². The molecule has 1 unspecified atom stereocenters. The molecule has 140 valence electrons. The van der Waals surface area contributed by atoms with Gasteiger partial charge in [0.25, 0.3) is 0 Å². The van der Waals surface area contributed by atoms with Crippen molar-refractivity contribution >= 4 is 29.0 Å². The number of aromatic nitrogens is 2. The normalized spacial score (nSPS) is 12.6. The Morgan fingerprint density at radius 2 is 1.70 bits per heavy atom. The first kappa shape index (κ1) is 19.5. The quantitative estimate of drug-likeness (QED) is 0.482. The molecule has 1 heterocycles. The predicted molar refractivity (Wildman–Crippen MR) is 108 cm³/mol. The molecule has 1 atom stereocenters. The van der Waals surface area contributed by atoms with Crippen molar-refractivity contribution in [1.29, 1.82) is 0 Å². The zero-order valence-electron chi connectivity index (χ0n) is 15.1. The van der Waals surface area contributed by atoms with Gasteiger partial charge in [0.2, 0.25) is 12.0 Å². The smallest absolute Gasteiger partial charge is 0.236 e. The maximum absolute atomic E-state index is 12.9. The summed E-state index contributed by atoms with van der Waals surface area (Å²) in [4.78, 5) is 17.0. The van der Waals surface area contributed by atoms with Gasteiger partial charge in [0, 0.05) is 28.7 Å². The molecule has 0 aliphatic carbocycles. The fourth-order valence-corrected chi connectivity index (χ4v) is 2.81. The van der Waals surface area contributed by atoms with Gasteiger partial charge in [-0.05, 0) is 35.4 Å². The summed E-state index contributed by atoms with van der Waals surface area (Å²) >= 11 is 11.9. The minimum absolute atomic E-state index is 0.114. The Morgan fingerprint density at radius 1 is 1.11 bits per heavy atom. The lowest BCUT2D eigenvalue weighted by Crippen LogP contribution is -2.36. The van der Waals surface area contributed by atoms with Gasteiger partial charge >= 0.3 is 0 Å². The van der Waals surface area contributed by atoms with Crippen LogP contribution in [0.25, 0.3) is 11.1 Å². The second-order valence-corrected chi connectivity index (χ2v) is 7.60. The number of nitrogens with zero attached hydrogens (tertiary/aromatic N) is 2.